The topological polar surface area (TPSA) is 93.8 Å². The number of carbonyl (C=O) groups excluding carboxylic acids is 2. The Morgan fingerprint density at radius 3 is 2.15 bits per heavy atom. The lowest BCUT2D eigenvalue weighted by Crippen LogP contribution is -2.31. The second-order valence-electron chi connectivity index (χ2n) is 4.70. The molecule has 2 fully saturated rings. The van der Waals surface area contributed by atoms with Gasteiger partial charge in [-0.3, -0.25) is 14.9 Å². The standard InChI is InChI=1S/C13H5Cl2N3O2/c14-7-3-1-2-6(8(7)15)9-12(4-16)10(19)18-11(20)13(9,12)5-17/h1-3,9H,(H,18,19,20)/t9?,12-,13+. The largest absolute Gasteiger partial charge is 0.293 e. The molecule has 0 aromatic heterocycles. The quantitative estimate of drug-likeness (QED) is 0.800. The zero-order valence-corrected chi connectivity index (χ0v) is 11.3. The number of benzene rings is 1. The van der Waals surface area contributed by atoms with Crippen LogP contribution in [0.3, 0.4) is 0 Å². The van der Waals surface area contributed by atoms with Crippen molar-refractivity contribution in [3.63, 3.8) is 0 Å². The number of imide groups is 1. The summed E-state index contributed by atoms with van der Waals surface area (Å²) >= 11 is 12.0. The zero-order chi connectivity index (χ0) is 14.7. The summed E-state index contributed by atoms with van der Waals surface area (Å²) in [7, 11) is 0. The van der Waals surface area contributed by atoms with E-state index in [1.54, 1.807) is 18.2 Å². The lowest BCUT2D eigenvalue weighted by molar-refractivity contribution is -0.128. The number of rotatable bonds is 1. The number of piperidine rings is 1. The highest BCUT2D eigenvalue weighted by Gasteiger charge is 2.91. The van der Waals surface area contributed by atoms with Crippen LogP contribution in [0.15, 0.2) is 18.2 Å². The van der Waals surface area contributed by atoms with Crippen molar-refractivity contribution in [2.45, 2.75) is 5.92 Å². The van der Waals surface area contributed by atoms with Crippen molar-refractivity contribution in [3.05, 3.63) is 33.8 Å². The molecule has 7 heteroatoms. The minimum absolute atomic E-state index is 0.151. The monoisotopic (exact) mass is 305 g/mol. The summed E-state index contributed by atoms with van der Waals surface area (Å²) in [6.07, 6.45) is 0. The Kier molecular flexibility index (Phi) is 2.41. The van der Waals surface area contributed by atoms with E-state index in [4.69, 9.17) is 23.2 Å². The molecule has 1 unspecified atom stereocenters. The number of halogens is 2. The molecule has 0 spiro atoms. The Labute approximate surface area is 123 Å². The number of nitrogens with one attached hydrogen (secondary N) is 1. The van der Waals surface area contributed by atoms with Crippen LogP contribution in [0.25, 0.3) is 0 Å². The van der Waals surface area contributed by atoms with Crippen LogP contribution in [-0.2, 0) is 9.59 Å². The van der Waals surface area contributed by atoms with Crippen LogP contribution in [0.5, 0.6) is 0 Å². The summed E-state index contributed by atoms with van der Waals surface area (Å²) in [6.45, 7) is 0. The highest BCUT2D eigenvalue weighted by molar-refractivity contribution is 6.42. The van der Waals surface area contributed by atoms with Gasteiger partial charge in [-0.2, -0.15) is 10.5 Å². The first kappa shape index (κ1) is 12.9. The van der Waals surface area contributed by atoms with Gasteiger partial charge in [-0.1, -0.05) is 35.3 Å². The van der Waals surface area contributed by atoms with Gasteiger partial charge in [0.2, 0.25) is 11.8 Å². The van der Waals surface area contributed by atoms with E-state index in [0.29, 0.717) is 5.56 Å². The Balaban J connectivity index is 2.26. The molecule has 1 aliphatic carbocycles. The summed E-state index contributed by atoms with van der Waals surface area (Å²) in [5.41, 5.74) is -3.06. The van der Waals surface area contributed by atoms with Gasteiger partial charge >= 0.3 is 0 Å². The van der Waals surface area contributed by atoms with E-state index >= 15 is 0 Å². The van der Waals surface area contributed by atoms with Gasteiger partial charge < -0.3 is 0 Å². The highest BCUT2D eigenvalue weighted by Crippen LogP contribution is 2.77. The van der Waals surface area contributed by atoms with Gasteiger partial charge in [-0.15, -0.1) is 0 Å². The van der Waals surface area contributed by atoms with Crippen LogP contribution in [0, 0.1) is 33.5 Å². The third-order valence-electron chi connectivity index (χ3n) is 3.99. The molecule has 3 atom stereocenters. The molecule has 98 valence electrons. The second kappa shape index (κ2) is 3.73. The third kappa shape index (κ3) is 1.09. The summed E-state index contributed by atoms with van der Waals surface area (Å²) in [5, 5.41) is 21.1. The van der Waals surface area contributed by atoms with E-state index < -0.39 is 28.6 Å². The van der Waals surface area contributed by atoms with Crippen molar-refractivity contribution < 1.29 is 9.59 Å². The SMILES string of the molecule is N#C[C@@]12C(=O)NC(=O)[C@]1(C#N)C2c1cccc(Cl)c1Cl. The molecule has 0 bridgehead atoms. The number of hydrogen-bond acceptors (Lipinski definition) is 4. The number of fused-ring (bicyclic) bond motifs is 1. The van der Waals surface area contributed by atoms with Gasteiger partial charge in [0, 0.05) is 5.92 Å². The van der Waals surface area contributed by atoms with Crippen molar-refractivity contribution in [3.8, 4) is 12.1 Å². The van der Waals surface area contributed by atoms with Crippen molar-refractivity contribution in [1.82, 2.24) is 5.32 Å². The van der Waals surface area contributed by atoms with Crippen LogP contribution in [0.2, 0.25) is 10.0 Å². The summed E-state index contributed by atoms with van der Waals surface area (Å²) < 4.78 is 0. The number of hydrogen-bond donors (Lipinski definition) is 1. The molecule has 2 aliphatic rings. The van der Waals surface area contributed by atoms with Gasteiger partial charge in [-0.05, 0) is 11.6 Å². The minimum Gasteiger partial charge on any atom is -0.293 e. The first-order chi connectivity index (χ1) is 9.47. The molecule has 1 heterocycles. The van der Waals surface area contributed by atoms with Gasteiger partial charge in [0.05, 0.1) is 22.2 Å². The maximum absolute atomic E-state index is 11.9. The molecule has 5 nitrogen and oxygen atoms in total. The maximum Gasteiger partial charge on any atom is 0.250 e. The molecule has 1 aliphatic heterocycles. The van der Waals surface area contributed by atoms with Crippen molar-refractivity contribution in [2.24, 2.45) is 10.8 Å². The van der Waals surface area contributed by atoms with E-state index in [-0.39, 0.29) is 10.0 Å². The number of nitriles is 2. The van der Waals surface area contributed by atoms with E-state index in [1.807, 2.05) is 17.5 Å². The van der Waals surface area contributed by atoms with Crippen LogP contribution in [-0.4, -0.2) is 11.8 Å². The molecule has 20 heavy (non-hydrogen) atoms. The second-order valence-corrected chi connectivity index (χ2v) is 5.48. The molecular formula is C13H5Cl2N3O2. The average molecular weight is 306 g/mol. The van der Waals surface area contributed by atoms with E-state index in [1.165, 1.54) is 0 Å². The molecule has 1 N–H and O–H groups in total. The fourth-order valence-corrected chi connectivity index (χ4v) is 3.43. The lowest BCUT2D eigenvalue weighted by atomic mass is 9.98. The predicted octanol–water partition coefficient (Wildman–Crippen LogP) is 1.77. The lowest BCUT2D eigenvalue weighted by Gasteiger charge is -2.10. The summed E-state index contributed by atoms with van der Waals surface area (Å²) in [5.74, 6) is -2.40. The molecular weight excluding hydrogens is 301 g/mol. The van der Waals surface area contributed by atoms with Gasteiger partial charge in [0.25, 0.3) is 0 Å². The highest BCUT2D eigenvalue weighted by atomic mass is 35.5. The van der Waals surface area contributed by atoms with Crippen molar-refractivity contribution in [1.29, 1.82) is 10.5 Å². The number of amides is 2. The van der Waals surface area contributed by atoms with Gasteiger partial charge in [0.15, 0.2) is 10.8 Å². The fraction of sp³-hybridized carbons (Fsp3) is 0.231. The summed E-state index contributed by atoms with van der Waals surface area (Å²) in [6, 6.07) is 8.35. The fourth-order valence-electron chi connectivity index (χ4n) is 3.01. The first-order valence-electron chi connectivity index (χ1n) is 5.59. The van der Waals surface area contributed by atoms with Crippen LogP contribution >= 0.6 is 23.2 Å². The molecule has 2 amide bonds. The number of carbonyl (C=O) groups is 2. The Hall–Kier alpha value is -2.08. The maximum atomic E-state index is 11.9. The third-order valence-corrected chi connectivity index (χ3v) is 4.83. The van der Waals surface area contributed by atoms with Crippen LogP contribution in [0.4, 0.5) is 0 Å². The van der Waals surface area contributed by atoms with E-state index in [2.05, 4.69) is 0 Å². The summed E-state index contributed by atoms with van der Waals surface area (Å²) in [4.78, 5) is 23.9. The molecule has 3 rings (SSSR count). The molecule has 0 radical (unpaired) electrons. The molecule has 1 aromatic rings. The minimum atomic E-state index is -1.72. The van der Waals surface area contributed by atoms with Crippen molar-refractivity contribution in [2.75, 3.05) is 0 Å². The van der Waals surface area contributed by atoms with Crippen molar-refractivity contribution >= 4 is 35.0 Å². The Bertz CT molecular complexity index is 726. The molecule has 1 saturated heterocycles. The molecule has 1 aromatic carbocycles. The van der Waals surface area contributed by atoms with Gasteiger partial charge in [-0.25, -0.2) is 0 Å². The zero-order valence-electron chi connectivity index (χ0n) is 9.78. The van der Waals surface area contributed by atoms with E-state index in [0.717, 1.165) is 0 Å². The number of nitrogens with zero attached hydrogens (tertiary/aromatic N) is 2. The Morgan fingerprint density at radius 1 is 1.10 bits per heavy atom. The smallest absolute Gasteiger partial charge is 0.250 e. The normalized spacial score (nSPS) is 33.9. The van der Waals surface area contributed by atoms with E-state index in [9.17, 15) is 20.1 Å². The van der Waals surface area contributed by atoms with Crippen LogP contribution < -0.4 is 5.32 Å². The Morgan fingerprint density at radius 2 is 1.65 bits per heavy atom. The molecule has 1 saturated carbocycles. The van der Waals surface area contributed by atoms with Gasteiger partial charge in [0.1, 0.15) is 0 Å². The van der Waals surface area contributed by atoms with Crippen LogP contribution in [0.1, 0.15) is 11.5 Å². The first-order valence-corrected chi connectivity index (χ1v) is 6.35. The predicted molar refractivity (Wildman–Crippen MR) is 68.4 cm³/mol. The average Bonchev–Trinajstić information content (AvgIpc) is 2.99.